The lowest BCUT2D eigenvalue weighted by Gasteiger charge is -2.22. The SMILES string of the molecule is O=C(Cc1ccc(F)cc1)N1C[C@@H]2CN(Cc3ccco3)CCO[C@@H]2C1.O=C(O)C(F)(F)F. The van der Waals surface area contributed by atoms with Gasteiger partial charge in [-0.05, 0) is 29.8 Å². The Hall–Kier alpha value is -2.92. The number of likely N-dealkylation sites (tertiary alicyclic amines) is 1. The highest BCUT2D eigenvalue weighted by molar-refractivity contribution is 5.79. The van der Waals surface area contributed by atoms with E-state index in [1.807, 2.05) is 17.0 Å². The predicted molar refractivity (Wildman–Crippen MR) is 108 cm³/mol. The molecule has 0 unspecified atom stereocenters. The van der Waals surface area contributed by atoms with Crippen molar-refractivity contribution < 1.29 is 41.4 Å². The molecule has 2 saturated heterocycles. The zero-order valence-corrected chi connectivity index (χ0v) is 17.6. The van der Waals surface area contributed by atoms with E-state index in [9.17, 15) is 22.4 Å². The first-order valence-electron chi connectivity index (χ1n) is 10.3. The molecule has 1 N–H and O–H groups in total. The molecule has 11 heteroatoms. The molecule has 2 aliphatic heterocycles. The minimum Gasteiger partial charge on any atom is -0.475 e. The Kier molecular flexibility index (Phi) is 8.09. The summed E-state index contributed by atoms with van der Waals surface area (Å²) in [4.78, 5) is 25.7. The summed E-state index contributed by atoms with van der Waals surface area (Å²) in [6.07, 6.45) is -3.00. The van der Waals surface area contributed by atoms with E-state index in [0.29, 0.717) is 32.0 Å². The summed E-state index contributed by atoms with van der Waals surface area (Å²) in [6, 6.07) is 10.0. The van der Waals surface area contributed by atoms with Gasteiger partial charge in [0.25, 0.3) is 0 Å². The largest absolute Gasteiger partial charge is 0.490 e. The third-order valence-corrected chi connectivity index (χ3v) is 5.44. The molecule has 0 bridgehead atoms. The highest BCUT2D eigenvalue weighted by Gasteiger charge is 2.39. The second kappa shape index (κ2) is 10.8. The molecule has 33 heavy (non-hydrogen) atoms. The second-order valence-electron chi connectivity index (χ2n) is 7.89. The summed E-state index contributed by atoms with van der Waals surface area (Å²) >= 11 is 0. The number of carbonyl (C=O) groups is 2. The maximum absolute atomic E-state index is 13.0. The lowest BCUT2D eigenvalue weighted by atomic mass is 10.1. The van der Waals surface area contributed by atoms with Crippen LogP contribution in [0.2, 0.25) is 0 Å². The number of carboxylic acids is 1. The summed E-state index contributed by atoms with van der Waals surface area (Å²) in [5.41, 5.74) is 0.837. The molecule has 2 atom stereocenters. The van der Waals surface area contributed by atoms with Gasteiger partial charge < -0.3 is 19.2 Å². The summed E-state index contributed by atoms with van der Waals surface area (Å²) in [5, 5.41) is 7.12. The fourth-order valence-corrected chi connectivity index (χ4v) is 3.82. The van der Waals surface area contributed by atoms with Gasteiger partial charge in [-0.1, -0.05) is 12.1 Å². The Morgan fingerprint density at radius 1 is 1.09 bits per heavy atom. The molecule has 0 aliphatic carbocycles. The fraction of sp³-hybridized carbons (Fsp3) is 0.455. The molecule has 2 fully saturated rings. The zero-order valence-electron chi connectivity index (χ0n) is 17.6. The first-order chi connectivity index (χ1) is 15.6. The van der Waals surface area contributed by atoms with Crippen molar-refractivity contribution in [1.29, 1.82) is 0 Å². The van der Waals surface area contributed by atoms with Crippen LogP contribution in [-0.2, 0) is 27.3 Å². The molecule has 2 aliphatic rings. The third kappa shape index (κ3) is 7.29. The van der Waals surface area contributed by atoms with Crippen molar-refractivity contribution >= 4 is 11.9 Å². The Labute approximate surface area is 187 Å². The second-order valence-corrected chi connectivity index (χ2v) is 7.89. The number of ether oxygens (including phenoxy) is 1. The Balaban J connectivity index is 0.000000383. The van der Waals surface area contributed by atoms with E-state index < -0.39 is 12.1 Å². The minimum absolute atomic E-state index is 0.0749. The number of carboxylic acid groups (broad SMARTS) is 1. The summed E-state index contributed by atoms with van der Waals surface area (Å²) in [5.74, 6) is -1.71. The molecule has 180 valence electrons. The number of amides is 1. The summed E-state index contributed by atoms with van der Waals surface area (Å²) < 4.78 is 56.2. The molecule has 1 aromatic heterocycles. The maximum Gasteiger partial charge on any atom is 0.490 e. The number of rotatable bonds is 4. The van der Waals surface area contributed by atoms with E-state index in [4.69, 9.17) is 19.1 Å². The number of carbonyl (C=O) groups excluding carboxylic acids is 1. The number of benzene rings is 1. The van der Waals surface area contributed by atoms with Crippen LogP contribution in [0.3, 0.4) is 0 Å². The fourth-order valence-electron chi connectivity index (χ4n) is 3.82. The van der Waals surface area contributed by atoms with Gasteiger partial charge in [-0.3, -0.25) is 9.69 Å². The number of hydrogen-bond acceptors (Lipinski definition) is 5. The number of alkyl halides is 3. The van der Waals surface area contributed by atoms with Gasteiger partial charge in [0.15, 0.2) is 0 Å². The van der Waals surface area contributed by atoms with E-state index in [0.717, 1.165) is 31.0 Å². The van der Waals surface area contributed by atoms with Crippen molar-refractivity contribution in [2.24, 2.45) is 5.92 Å². The van der Waals surface area contributed by atoms with Crippen LogP contribution in [0.25, 0.3) is 0 Å². The monoisotopic (exact) mass is 472 g/mol. The van der Waals surface area contributed by atoms with Crippen molar-refractivity contribution in [2.45, 2.75) is 25.2 Å². The number of nitrogens with zero attached hydrogens (tertiary/aromatic N) is 2. The lowest BCUT2D eigenvalue weighted by Crippen LogP contribution is -2.34. The van der Waals surface area contributed by atoms with Crippen molar-refractivity contribution in [2.75, 3.05) is 32.8 Å². The number of hydrogen-bond donors (Lipinski definition) is 1. The number of halogens is 4. The highest BCUT2D eigenvalue weighted by Crippen LogP contribution is 2.25. The molecule has 1 aromatic carbocycles. The van der Waals surface area contributed by atoms with Gasteiger partial charge in [-0.2, -0.15) is 13.2 Å². The van der Waals surface area contributed by atoms with Gasteiger partial charge >= 0.3 is 12.1 Å². The lowest BCUT2D eigenvalue weighted by molar-refractivity contribution is -0.192. The predicted octanol–water partition coefficient (Wildman–Crippen LogP) is 2.95. The molecule has 0 radical (unpaired) electrons. The summed E-state index contributed by atoms with van der Waals surface area (Å²) in [6.45, 7) is 4.55. The van der Waals surface area contributed by atoms with E-state index in [2.05, 4.69) is 4.90 Å². The van der Waals surface area contributed by atoms with Gasteiger partial charge in [-0.25, -0.2) is 9.18 Å². The third-order valence-electron chi connectivity index (χ3n) is 5.44. The van der Waals surface area contributed by atoms with Gasteiger partial charge in [-0.15, -0.1) is 0 Å². The first kappa shape index (κ1) is 24.7. The minimum atomic E-state index is -5.08. The standard InChI is InChI=1S/C20H23FN2O3.C2HF3O2/c21-17-5-3-15(4-6-17)10-20(24)23-12-16-11-22(7-9-26-19(16)14-23)13-18-2-1-8-25-18;3-2(4,5)1(6)7/h1-6,8,16,19H,7,9-14H2;(H,6,7)/t16-,19+;/m0./s1. The quantitative estimate of drug-likeness (QED) is 0.690. The average molecular weight is 472 g/mol. The van der Waals surface area contributed by atoms with Crippen LogP contribution in [0.5, 0.6) is 0 Å². The molecule has 1 amide bonds. The van der Waals surface area contributed by atoms with Crippen LogP contribution in [-0.4, -0.2) is 71.8 Å². The van der Waals surface area contributed by atoms with Crippen molar-refractivity contribution in [3.8, 4) is 0 Å². The van der Waals surface area contributed by atoms with E-state index >= 15 is 0 Å². The average Bonchev–Trinajstić information content (AvgIpc) is 3.36. The molecule has 4 rings (SSSR count). The van der Waals surface area contributed by atoms with Crippen LogP contribution < -0.4 is 0 Å². The van der Waals surface area contributed by atoms with Crippen molar-refractivity contribution in [3.63, 3.8) is 0 Å². The topological polar surface area (TPSA) is 83.2 Å². The summed E-state index contributed by atoms with van der Waals surface area (Å²) in [7, 11) is 0. The van der Waals surface area contributed by atoms with Gasteiger partial charge in [0, 0.05) is 32.1 Å². The van der Waals surface area contributed by atoms with Crippen LogP contribution in [0, 0.1) is 11.7 Å². The van der Waals surface area contributed by atoms with Crippen molar-refractivity contribution in [1.82, 2.24) is 9.80 Å². The molecular formula is C22H24F4N2O5. The zero-order chi connectivity index (χ0) is 24.0. The highest BCUT2D eigenvalue weighted by atomic mass is 19.4. The molecule has 2 aromatic rings. The number of fused-ring (bicyclic) bond motifs is 1. The van der Waals surface area contributed by atoms with Gasteiger partial charge in [0.05, 0.1) is 31.9 Å². The van der Waals surface area contributed by atoms with Crippen molar-refractivity contribution in [3.05, 3.63) is 59.8 Å². The Morgan fingerprint density at radius 2 is 1.79 bits per heavy atom. The number of aliphatic carboxylic acids is 1. The normalized spacial score (nSPS) is 21.0. The van der Waals surface area contributed by atoms with E-state index in [1.54, 1.807) is 18.4 Å². The molecule has 3 heterocycles. The van der Waals surface area contributed by atoms with E-state index in [-0.39, 0.29) is 17.8 Å². The van der Waals surface area contributed by atoms with Crippen LogP contribution >= 0.6 is 0 Å². The maximum atomic E-state index is 13.0. The van der Waals surface area contributed by atoms with Gasteiger partial charge in [0.1, 0.15) is 11.6 Å². The molecule has 0 saturated carbocycles. The van der Waals surface area contributed by atoms with Gasteiger partial charge in [0.2, 0.25) is 5.91 Å². The van der Waals surface area contributed by atoms with Crippen LogP contribution in [0.4, 0.5) is 17.6 Å². The molecule has 0 spiro atoms. The van der Waals surface area contributed by atoms with E-state index in [1.165, 1.54) is 12.1 Å². The van der Waals surface area contributed by atoms with Crippen LogP contribution in [0.1, 0.15) is 11.3 Å². The van der Waals surface area contributed by atoms with Crippen LogP contribution in [0.15, 0.2) is 47.1 Å². The molecule has 7 nitrogen and oxygen atoms in total. The Morgan fingerprint density at radius 3 is 2.39 bits per heavy atom. The molecular weight excluding hydrogens is 448 g/mol. The number of furan rings is 1. The smallest absolute Gasteiger partial charge is 0.475 e. The Bertz CT molecular complexity index is 918. The first-order valence-corrected chi connectivity index (χ1v) is 10.3.